The maximum absolute atomic E-state index is 5.54. The molecule has 1 nitrogen and oxygen atoms in total. The summed E-state index contributed by atoms with van der Waals surface area (Å²) in [6.07, 6.45) is 3.42. The van der Waals surface area contributed by atoms with Gasteiger partial charge in [-0.25, -0.2) is 0 Å². The predicted octanol–water partition coefficient (Wildman–Crippen LogP) is 2.70. The summed E-state index contributed by atoms with van der Waals surface area (Å²) in [4.78, 5) is 0. The molecule has 0 aliphatic carbocycles. The highest BCUT2D eigenvalue weighted by Gasteiger charge is 2.35. The molecule has 0 N–H and O–H groups in total. The number of thioether (sulfide) groups is 1. The molecule has 0 aromatic rings. The highest BCUT2D eigenvalue weighted by atomic mass is 32.2. The van der Waals surface area contributed by atoms with Crippen LogP contribution in [0.2, 0.25) is 0 Å². The van der Waals surface area contributed by atoms with E-state index in [1.165, 1.54) is 11.1 Å². The Bertz CT molecular complexity index is 230. The number of hydrogen-bond donors (Lipinski definition) is 0. The van der Waals surface area contributed by atoms with E-state index >= 15 is 0 Å². The minimum atomic E-state index is 0.356. The standard InChI is InChI=1S/C9H12OS/c1-3-7-4-10-8-6(2)5-11-9(7)8/h4-5,8-9H,3H2,1-2H3. The van der Waals surface area contributed by atoms with Crippen LogP contribution in [-0.2, 0) is 4.74 Å². The van der Waals surface area contributed by atoms with Gasteiger partial charge in [-0.1, -0.05) is 6.92 Å². The molecule has 0 saturated heterocycles. The SMILES string of the molecule is CCC1=COC2C(C)=CSC12. The zero-order chi connectivity index (χ0) is 7.84. The molecule has 2 heterocycles. The predicted molar refractivity (Wildman–Crippen MR) is 48.4 cm³/mol. The molecule has 0 amide bonds. The van der Waals surface area contributed by atoms with Crippen LogP contribution < -0.4 is 0 Å². The number of ether oxygens (including phenoxy) is 1. The Balaban J connectivity index is 2.16. The van der Waals surface area contributed by atoms with Crippen molar-refractivity contribution in [3.63, 3.8) is 0 Å². The van der Waals surface area contributed by atoms with E-state index in [9.17, 15) is 0 Å². The first kappa shape index (κ1) is 7.29. The first-order valence-electron chi connectivity index (χ1n) is 3.99. The Kier molecular flexibility index (Phi) is 1.72. The molecule has 0 aromatic heterocycles. The molecule has 0 aromatic carbocycles. The monoisotopic (exact) mass is 168 g/mol. The van der Waals surface area contributed by atoms with Gasteiger partial charge in [0.25, 0.3) is 0 Å². The topological polar surface area (TPSA) is 9.23 Å². The van der Waals surface area contributed by atoms with Crippen LogP contribution in [-0.4, -0.2) is 11.4 Å². The summed E-state index contributed by atoms with van der Waals surface area (Å²) >= 11 is 1.90. The summed E-state index contributed by atoms with van der Waals surface area (Å²) in [5, 5.41) is 2.82. The van der Waals surface area contributed by atoms with Crippen LogP contribution >= 0.6 is 11.8 Å². The average Bonchev–Trinajstić information content (AvgIpc) is 2.53. The van der Waals surface area contributed by atoms with Crippen molar-refractivity contribution in [3.8, 4) is 0 Å². The Morgan fingerprint density at radius 1 is 1.64 bits per heavy atom. The third kappa shape index (κ3) is 1.00. The van der Waals surface area contributed by atoms with Gasteiger partial charge in [-0.3, -0.25) is 0 Å². The molecule has 11 heavy (non-hydrogen) atoms. The lowest BCUT2D eigenvalue weighted by Gasteiger charge is -2.11. The Morgan fingerprint density at radius 2 is 2.45 bits per heavy atom. The highest BCUT2D eigenvalue weighted by Crippen LogP contribution is 2.41. The van der Waals surface area contributed by atoms with E-state index in [4.69, 9.17) is 4.74 Å². The summed E-state index contributed by atoms with van der Waals surface area (Å²) < 4.78 is 5.54. The van der Waals surface area contributed by atoms with E-state index in [0.717, 1.165) is 6.42 Å². The quantitative estimate of drug-likeness (QED) is 0.595. The summed E-state index contributed by atoms with van der Waals surface area (Å²) in [6, 6.07) is 0. The molecule has 2 atom stereocenters. The molecule has 2 heteroatoms. The van der Waals surface area contributed by atoms with Crippen LogP contribution in [0.1, 0.15) is 20.3 Å². The zero-order valence-corrected chi connectivity index (χ0v) is 7.65. The maximum Gasteiger partial charge on any atom is 0.135 e. The maximum atomic E-state index is 5.54. The van der Waals surface area contributed by atoms with Gasteiger partial charge in [-0.05, 0) is 29.9 Å². The third-order valence-corrected chi connectivity index (χ3v) is 3.62. The van der Waals surface area contributed by atoms with E-state index in [0.29, 0.717) is 11.4 Å². The van der Waals surface area contributed by atoms with Gasteiger partial charge in [0, 0.05) is 0 Å². The number of fused-ring (bicyclic) bond motifs is 1. The third-order valence-electron chi connectivity index (χ3n) is 2.26. The lowest BCUT2D eigenvalue weighted by molar-refractivity contribution is 0.209. The van der Waals surface area contributed by atoms with Crippen LogP contribution in [0.4, 0.5) is 0 Å². The lowest BCUT2D eigenvalue weighted by Crippen LogP contribution is -2.17. The van der Waals surface area contributed by atoms with Crippen molar-refractivity contribution in [2.75, 3.05) is 0 Å². The van der Waals surface area contributed by atoms with Gasteiger partial charge in [0.2, 0.25) is 0 Å². The summed E-state index contributed by atoms with van der Waals surface area (Å²) in [5.74, 6) is 0. The summed E-state index contributed by atoms with van der Waals surface area (Å²) in [6.45, 7) is 4.33. The van der Waals surface area contributed by atoms with Gasteiger partial charge in [-0.2, -0.15) is 0 Å². The molecule has 0 fully saturated rings. The van der Waals surface area contributed by atoms with Crippen molar-refractivity contribution in [3.05, 3.63) is 22.8 Å². The van der Waals surface area contributed by atoms with Crippen molar-refractivity contribution in [1.82, 2.24) is 0 Å². The molecular formula is C9H12OS. The lowest BCUT2D eigenvalue weighted by atomic mass is 10.1. The molecule has 2 unspecified atom stereocenters. The Hall–Kier alpha value is -0.370. The molecule has 0 spiro atoms. The minimum absolute atomic E-state index is 0.356. The first-order valence-corrected chi connectivity index (χ1v) is 4.93. The first-order chi connectivity index (χ1) is 5.33. The van der Waals surface area contributed by atoms with Gasteiger partial charge in [0.1, 0.15) is 6.10 Å². The molecule has 2 rings (SSSR count). The highest BCUT2D eigenvalue weighted by molar-refractivity contribution is 8.03. The largest absolute Gasteiger partial charge is 0.492 e. The molecular weight excluding hydrogens is 156 g/mol. The van der Waals surface area contributed by atoms with Gasteiger partial charge >= 0.3 is 0 Å². The molecule has 2 aliphatic rings. The van der Waals surface area contributed by atoms with Crippen molar-refractivity contribution >= 4 is 11.8 Å². The van der Waals surface area contributed by atoms with E-state index < -0.39 is 0 Å². The van der Waals surface area contributed by atoms with E-state index in [1.807, 2.05) is 18.0 Å². The van der Waals surface area contributed by atoms with Crippen molar-refractivity contribution in [2.24, 2.45) is 0 Å². The van der Waals surface area contributed by atoms with Crippen molar-refractivity contribution in [1.29, 1.82) is 0 Å². The second-order valence-electron chi connectivity index (χ2n) is 3.02. The molecule has 0 bridgehead atoms. The van der Waals surface area contributed by atoms with Gasteiger partial charge in [-0.15, -0.1) is 11.8 Å². The second kappa shape index (κ2) is 2.59. The second-order valence-corrected chi connectivity index (χ2v) is 4.04. The van der Waals surface area contributed by atoms with Gasteiger partial charge in [0.15, 0.2) is 0 Å². The fourth-order valence-electron chi connectivity index (χ4n) is 1.53. The van der Waals surface area contributed by atoms with Gasteiger partial charge < -0.3 is 4.74 Å². The van der Waals surface area contributed by atoms with Gasteiger partial charge in [0.05, 0.1) is 11.5 Å². The fraction of sp³-hybridized carbons (Fsp3) is 0.556. The van der Waals surface area contributed by atoms with E-state index in [2.05, 4.69) is 19.3 Å². The van der Waals surface area contributed by atoms with Crippen molar-refractivity contribution < 1.29 is 4.74 Å². The molecule has 0 radical (unpaired) electrons. The van der Waals surface area contributed by atoms with Crippen LogP contribution in [0, 0.1) is 0 Å². The zero-order valence-electron chi connectivity index (χ0n) is 6.83. The average molecular weight is 168 g/mol. The smallest absolute Gasteiger partial charge is 0.135 e. The number of hydrogen-bond acceptors (Lipinski definition) is 2. The number of rotatable bonds is 1. The molecule has 60 valence electrons. The fourth-order valence-corrected chi connectivity index (χ4v) is 2.84. The van der Waals surface area contributed by atoms with Crippen molar-refractivity contribution in [2.45, 2.75) is 31.6 Å². The van der Waals surface area contributed by atoms with Crippen LogP contribution in [0.3, 0.4) is 0 Å². The summed E-state index contributed by atoms with van der Waals surface area (Å²) in [5.41, 5.74) is 2.83. The van der Waals surface area contributed by atoms with Crippen LogP contribution in [0.25, 0.3) is 0 Å². The minimum Gasteiger partial charge on any atom is -0.492 e. The molecule has 2 aliphatic heterocycles. The van der Waals surface area contributed by atoms with E-state index in [-0.39, 0.29) is 0 Å². The molecule has 0 saturated carbocycles. The summed E-state index contributed by atoms with van der Waals surface area (Å²) in [7, 11) is 0. The van der Waals surface area contributed by atoms with Crippen LogP contribution in [0.5, 0.6) is 0 Å². The Labute approximate surface area is 71.5 Å². The normalized spacial score (nSPS) is 34.4. The van der Waals surface area contributed by atoms with E-state index in [1.54, 1.807) is 0 Å². The Morgan fingerprint density at radius 3 is 3.18 bits per heavy atom. The van der Waals surface area contributed by atoms with Crippen LogP contribution in [0.15, 0.2) is 22.8 Å².